The van der Waals surface area contributed by atoms with E-state index in [1.807, 2.05) is 12.1 Å². The Labute approximate surface area is 114 Å². The van der Waals surface area contributed by atoms with Crippen LogP contribution >= 0.6 is 24.8 Å². The molecule has 1 N–H and O–H groups in total. The third kappa shape index (κ3) is 5.08. The molecule has 0 bridgehead atoms. The molecule has 0 spiro atoms. The Kier molecular flexibility index (Phi) is 8.25. The first-order chi connectivity index (χ1) is 7.38. The summed E-state index contributed by atoms with van der Waals surface area (Å²) in [4.78, 5) is 3.99. The lowest BCUT2D eigenvalue weighted by Crippen LogP contribution is -2.28. The van der Waals surface area contributed by atoms with Gasteiger partial charge in [0.1, 0.15) is 12.4 Å². The summed E-state index contributed by atoms with van der Waals surface area (Å²) in [5.74, 6) is 0.820. The van der Waals surface area contributed by atoms with Crippen LogP contribution in [0.2, 0.25) is 0 Å². The first-order valence-corrected chi connectivity index (χ1v) is 5.17. The molecule has 1 aromatic rings. The maximum absolute atomic E-state index is 5.60. The molecule has 17 heavy (non-hydrogen) atoms. The number of aromatic nitrogens is 1. The largest absolute Gasteiger partial charge is 0.490 e. The van der Waals surface area contributed by atoms with Crippen molar-refractivity contribution in [2.45, 2.75) is 18.6 Å². The lowest BCUT2D eigenvalue weighted by molar-refractivity contribution is 0.115. The molecule has 1 aliphatic heterocycles. The Morgan fingerprint density at radius 1 is 1.47 bits per heavy atom. The van der Waals surface area contributed by atoms with E-state index in [0.29, 0.717) is 18.8 Å². The highest BCUT2D eigenvalue weighted by Gasteiger charge is 2.23. The second-order valence-electron chi connectivity index (χ2n) is 3.70. The molecular formula is C11H18Cl2N2O2. The first-order valence-electron chi connectivity index (χ1n) is 5.17. The number of hydrogen-bond donors (Lipinski definition) is 1. The molecule has 98 valence electrons. The van der Waals surface area contributed by atoms with Crippen LogP contribution in [0.4, 0.5) is 0 Å². The highest BCUT2D eigenvalue weighted by Crippen LogP contribution is 2.12. The Morgan fingerprint density at radius 2 is 2.29 bits per heavy atom. The first kappa shape index (κ1) is 16.4. The van der Waals surface area contributed by atoms with E-state index >= 15 is 0 Å². The van der Waals surface area contributed by atoms with Gasteiger partial charge in [-0.2, -0.15) is 0 Å². The Bertz CT molecular complexity index is 301. The van der Waals surface area contributed by atoms with Crippen LogP contribution in [0.15, 0.2) is 24.5 Å². The molecule has 0 aromatic carbocycles. The highest BCUT2D eigenvalue weighted by atomic mass is 35.5. The minimum atomic E-state index is 0. The molecule has 1 fully saturated rings. The van der Waals surface area contributed by atoms with Crippen LogP contribution in [0.5, 0.6) is 5.75 Å². The third-order valence-electron chi connectivity index (χ3n) is 2.60. The van der Waals surface area contributed by atoms with E-state index in [2.05, 4.69) is 10.3 Å². The predicted octanol–water partition coefficient (Wildman–Crippen LogP) is 1.68. The van der Waals surface area contributed by atoms with Crippen molar-refractivity contribution < 1.29 is 9.47 Å². The Hall–Kier alpha value is -0.550. The SMILES string of the molecule is CO[C@H]1CN[C@H](COc2cccnc2)C1.Cl.Cl. The second-order valence-corrected chi connectivity index (χ2v) is 3.70. The molecule has 0 radical (unpaired) electrons. The number of rotatable bonds is 4. The van der Waals surface area contributed by atoms with Crippen LogP contribution in [-0.2, 0) is 4.74 Å². The molecule has 0 amide bonds. The summed E-state index contributed by atoms with van der Waals surface area (Å²) in [6, 6.07) is 4.17. The molecule has 2 atom stereocenters. The summed E-state index contributed by atoms with van der Waals surface area (Å²) in [6.07, 6.45) is 4.80. The zero-order valence-corrected chi connectivity index (χ0v) is 11.3. The van der Waals surface area contributed by atoms with Crippen molar-refractivity contribution >= 4 is 24.8 Å². The molecule has 0 aliphatic carbocycles. The van der Waals surface area contributed by atoms with Gasteiger partial charge in [-0.05, 0) is 18.6 Å². The number of ether oxygens (including phenoxy) is 2. The maximum atomic E-state index is 5.60. The summed E-state index contributed by atoms with van der Waals surface area (Å²) >= 11 is 0. The van der Waals surface area contributed by atoms with E-state index in [-0.39, 0.29) is 24.8 Å². The molecule has 1 aliphatic rings. The minimum absolute atomic E-state index is 0. The topological polar surface area (TPSA) is 43.4 Å². The fourth-order valence-electron chi connectivity index (χ4n) is 1.72. The van der Waals surface area contributed by atoms with Crippen LogP contribution in [0.3, 0.4) is 0 Å². The molecule has 2 heterocycles. The number of methoxy groups -OCH3 is 1. The van der Waals surface area contributed by atoms with Crippen molar-refractivity contribution in [1.82, 2.24) is 10.3 Å². The molecule has 2 rings (SSSR count). The average Bonchev–Trinajstić information content (AvgIpc) is 2.76. The number of halogens is 2. The fourth-order valence-corrected chi connectivity index (χ4v) is 1.72. The van der Waals surface area contributed by atoms with Crippen molar-refractivity contribution in [3.8, 4) is 5.75 Å². The standard InChI is InChI=1S/C11H16N2O2.2ClH/c1-14-11-5-9(13-7-11)8-15-10-3-2-4-12-6-10;;/h2-4,6,9,11,13H,5,7-8H2,1H3;2*1H/t9-,11+;;/m0../s1. The normalized spacial score (nSPS) is 22.4. The van der Waals surface area contributed by atoms with Gasteiger partial charge in [0.05, 0.1) is 12.3 Å². The van der Waals surface area contributed by atoms with Gasteiger partial charge in [0, 0.05) is 25.9 Å². The molecule has 1 saturated heterocycles. The lowest BCUT2D eigenvalue weighted by atomic mass is 10.2. The molecule has 0 saturated carbocycles. The summed E-state index contributed by atoms with van der Waals surface area (Å²) in [7, 11) is 1.75. The van der Waals surface area contributed by atoms with Crippen molar-refractivity contribution in [2.24, 2.45) is 0 Å². The van der Waals surface area contributed by atoms with Gasteiger partial charge < -0.3 is 14.8 Å². The van der Waals surface area contributed by atoms with Gasteiger partial charge in [0.25, 0.3) is 0 Å². The van der Waals surface area contributed by atoms with Crippen molar-refractivity contribution in [3.05, 3.63) is 24.5 Å². The molecule has 4 nitrogen and oxygen atoms in total. The zero-order valence-electron chi connectivity index (χ0n) is 9.67. The van der Waals surface area contributed by atoms with Crippen LogP contribution in [0.1, 0.15) is 6.42 Å². The number of nitrogens with one attached hydrogen (secondary N) is 1. The van der Waals surface area contributed by atoms with Crippen LogP contribution in [-0.4, -0.2) is 37.4 Å². The monoisotopic (exact) mass is 280 g/mol. The van der Waals surface area contributed by atoms with E-state index in [1.54, 1.807) is 19.5 Å². The predicted molar refractivity (Wildman–Crippen MR) is 71.4 cm³/mol. The summed E-state index contributed by atoms with van der Waals surface area (Å²) < 4.78 is 10.9. The summed E-state index contributed by atoms with van der Waals surface area (Å²) in [6.45, 7) is 1.59. The molecule has 6 heteroatoms. The van der Waals surface area contributed by atoms with Crippen molar-refractivity contribution in [2.75, 3.05) is 20.3 Å². The Balaban J connectivity index is 0.00000128. The van der Waals surface area contributed by atoms with E-state index in [9.17, 15) is 0 Å². The highest BCUT2D eigenvalue weighted by molar-refractivity contribution is 5.85. The van der Waals surface area contributed by atoms with Crippen LogP contribution in [0, 0.1) is 0 Å². The van der Waals surface area contributed by atoms with Crippen LogP contribution in [0.25, 0.3) is 0 Å². The van der Waals surface area contributed by atoms with Crippen molar-refractivity contribution in [1.29, 1.82) is 0 Å². The molecule has 0 unspecified atom stereocenters. The van der Waals surface area contributed by atoms with Gasteiger partial charge in [0.15, 0.2) is 0 Å². The van der Waals surface area contributed by atoms with Gasteiger partial charge in [-0.3, -0.25) is 4.98 Å². The molecule has 1 aromatic heterocycles. The van der Waals surface area contributed by atoms with E-state index < -0.39 is 0 Å². The second kappa shape index (κ2) is 8.53. The third-order valence-corrected chi connectivity index (χ3v) is 2.60. The fraction of sp³-hybridized carbons (Fsp3) is 0.545. The van der Waals surface area contributed by atoms with Gasteiger partial charge in [-0.15, -0.1) is 24.8 Å². The smallest absolute Gasteiger partial charge is 0.137 e. The van der Waals surface area contributed by atoms with Gasteiger partial charge in [-0.1, -0.05) is 0 Å². The van der Waals surface area contributed by atoms with E-state index in [0.717, 1.165) is 18.7 Å². The number of hydrogen-bond acceptors (Lipinski definition) is 4. The van der Waals surface area contributed by atoms with Crippen molar-refractivity contribution in [3.63, 3.8) is 0 Å². The average molecular weight is 281 g/mol. The van der Waals surface area contributed by atoms with Gasteiger partial charge in [0.2, 0.25) is 0 Å². The van der Waals surface area contributed by atoms with Gasteiger partial charge >= 0.3 is 0 Å². The quantitative estimate of drug-likeness (QED) is 0.912. The van der Waals surface area contributed by atoms with Crippen LogP contribution < -0.4 is 10.1 Å². The van der Waals surface area contributed by atoms with E-state index in [1.165, 1.54) is 0 Å². The zero-order chi connectivity index (χ0) is 10.5. The Morgan fingerprint density at radius 3 is 2.88 bits per heavy atom. The number of nitrogens with zero attached hydrogens (tertiary/aromatic N) is 1. The maximum Gasteiger partial charge on any atom is 0.137 e. The summed E-state index contributed by atoms with van der Waals surface area (Å²) in [5.41, 5.74) is 0. The van der Waals surface area contributed by atoms with E-state index in [4.69, 9.17) is 9.47 Å². The lowest BCUT2D eigenvalue weighted by Gasteiger charge is -2.11. The number of pyridine rings is 1. The van der Waals surface area contributed by atoms with Gasteiger partial charge in [-0.25, -0.2) is 0 Å². The minimum Gasteiger partial charge on any atom is -0.490 e. The summed E-state index contributed by atoms with van der Waals surface area (Å²) in [5, 5.41) is 3.36. The molecular weight excluding hydrogens is 263 g/mol.